The fourth-order valence-corrected chi connectivity index (χ4v) is 2.78. The number of amides is 1. The number of carbonyl (C=O) groups excluding carboxylic acids is 1. The van der Waals surface area contributed by atoms with Gasteiger partial charge in [0.05, 0.1) is 24.4 Å². The first-order chi connectivity index (χ1) is 13.5. The van der Waals surface area contributed by atoms with Gasteiger partial charge >= 0.3 is 0 Å². The highest BCUT2D eigenvalue weighted by molar-refractivity contribution is 5.95. The molecule has 1 unspecified atom stereocenters. The fraction of sp³-hybridized carbons (Fsp3) is 0.286. The molecule has 0 aliphatic heterocycles. The number of rotatable bonds is 7. The third kappa shape index (κ3) is 4.31. The molecule has 146 valence electrons. The number of hydrogen-bond donors (Lipinski definition) is 1. The molecular formula is C21H23N3O4. The number of ether oxygens (including phenoxy) is 2. The predicted molar refractivity (Wildman–Crippen MR) is 103 cm³/mol. The van der Waals surface area contributed by atoms with Crippen LogP contribution < -0.4 is 14.8 Å². The first-order valence-corrected chi connectivity index (χ1v) is 8.93. The van der Waals surface area contributed by atoms with Crippen LogP contribution in [0.25, 0.3) is 0 Å². The number of pyridine rings is 1. The number of methoxy groups -OCH3 is 1. The maximum Gasteiger partial charge on any atom is 0.251 e. The SMILES string of the molecule is COc1cc(C(=O)NC(C)c2cccnc2)ccc1OCc1c(C)noc1C. The monoisotopic (exact) mass is 381 g/mol. The van der Waals surface area contributed by atoms with E-state index in [1.54, 1.807) is 30.6 Å². The quantitative estimate of drug-likeness (QED) is 0.670. The molecule has 2 heterocycles. The molecule has 1 atom stereocenters. The van der Waals surface area contributed by atoms with Gasteiger partial charge in [-0.3, -0.25) is 9.78 Å². The van der Waals surface area contributed by atoms with Crippen LogP contribution in [0.3, 0.4) is 0 Å². The summed E-state index contributed by atoms with van der Waals surface area (Å²) in [6, 6.07) is 8.68. The summed E-state index contributed by atoms with van der Waals surface area (Å²) < 4.78 is 16.4. The number of aromatic nitrogens is 2. The minimum absolute atomic E-state index is 0.164. The highest BCUT2D eigenvalue weighted by atomic mass is 16.5. The first kappa shape index (κ1) is 19.4. The second-order valence-electron chi connectivity index (χ2n) is 6.44. The molecule has 0 fully saturated rings. The number of aryl methyl sites for hydroxylation is 2. The Balaban J connectivity index is 1.71. The maximum atomic E-state index is 12.6. The summed E-state index contributed by atoms with van der Waals surface area (Å²) in [6.45, 7) is 5.92. The van der Waals surface area contributed by atoms with E-state index in [0.29, 0.717) is 23.7 Å². The molecule has 0 aliphatic carbocycles. The molecule has 0 radical (unpaired) electrons. The molecule has 0 bridgehead atoms. The average Bonchev–Trinajstić information content (AvgIpc) is 3.04. The van der Waals surface area contributed by atoms with Crippen LogP contribution in [0.2, 0.25) is 0 Å². The van der Waals surface area contributed by atoms with Crippen molar-refractivity contribution < 1.29 is 18.8 Å². The smallest absolute Gasteiger partial charge is 0.251 e. The standard InChI is InChI=1S/C21H23N3O4/c1-13(17-6-5-9-22-11-17)23-21(25)16-7-8-19(20(10-16)26-4)27-12-18-14(2)24-28-15(18)3/h5-11,13H,12H2,1-4H3,(H,23,25). The molecule has 28 heavy (non-hydrogen) atoms. The summed E-state index contributed by atoms with van der Waals surface area (Å²) in [5.74, 6) is 1.54. The van der Waals surface area contributed by atoms with E-state index in [1.807, 2.05) is 32.9 Å². The number of benzene rings is 1. The van der Waals surface area contributed by atoms with E-state index in [0.717, 1.165) is 22.6 Å². The Hall–Kier alpha value is -3.35. The van der Waals surface area contributed by atoms with Crippen molar-refractivity contribution in [2.24, 2.45) is 0 Å². The van der Waals surface area contributed by atoms with Gasteiger partial charge in [-0.1, -0.05) is 11.2 Å². The molecular weight excluding hydrogens is 358 g/mol. The summed E-state index contributed by atoms with van der Waals surface area (Å²) in [5.41, 5.74) is 3.10. The van der Waals surface area contributed by atoms with Gasteiger partial charge in [0, 0.05) is 18.0 Å². The van der Waals surface area contributed by atoms with Crippen molar-refractivity contribution >= 4 is 5.91 Å². The molecule has 0 saturated carbocycles. The van der Waals surface area contributed by atoms with E-state index >= 15 is 0 Å². The van der Waals surface area contributed by atoms with E-state index in [9.17, 15) is 4.79 Å². The second kappa shape index (κ2) is 8.56. The summed E-state index contributed by atoms with van der Waals surface area (Å²) in [7, 11) is 1.54. The molecule has 0 spiro atoms. The van der Waals surface area contributed by atoms with Gasteiger partial charge in [0.15, 0.2) is 11.5 Å². The Morgan fingerprint density at radius 3 is 2.71 bits per heavy atom. The van der Waals surface area contributed by atoms with Crippen LogP contribution in [0.5, 0.6) is 11.5 Å². The highest BCUT2D eigenvalue weighted by Gasteiger charge is 2.16. The number of nitrogens with zero attached hydrogens (tertiary/aromatic N) is 2. The van der Waals surface area contributed by atoms with Crippen molar-refractivity contribution in [1.29, 1.82) is 0 Å². The van der Waals surface area contributed by atoms with Gasteiger partial charge in [0.1, 0.15) is 12.4 Å². The molecule has 7 heteroatoms. The Labute approximate surface area is 163 Å². The lowest BCUT2D eigenvalue weighted by molar-refractivity contribution is 0.0939. The Morgan fingerprint density at radius 2 is 2.07 bits per heavy atom. The van der Waals surface area contributed by atoms with E-state index in [2.05, 4.69) is 15.5 Å². The molecule has 0 saturated heterocycles. The molecule has 1 aromatic carbocycles. The average molecular weight is 381 g/mol. The van der Waals surface area contributed by atoms with Gasteiger partial charge in [0.25, 0.3) is 5.91 Å². The van der Waals surface area contributed by atoms with Crippen LogP contribution in [0.15, 0.2) is 47.2 Å². The predicted octanol–water partition coefficient (Wildman–Crippen LogP) is 3.77. The molecule has 2 aromatic heterocycles. The van der Waals surface area contributed by atoms with Gasteiger partial charge in [-0.05, 0) is 50.6 Å². The van der Waals surface area contributed by atoms with Gasteiger partial charge < -0.3 is 19.3 Å². The van der Waals surface area contributed by atoms with Gasteiger partial charge in [-0.15, -0.1) is 0 Å². The summed E-state index contributed by atoms with van der Waals surface area (Å²) >= 11 is 0. The van der Waals surface area contributed by atoms with Crippen LogP contribution in [-0.4, -0.2) is 23.2 Å². The van der Waals surface area contributed by atoms with Crippen LogP contribution in [-0.2, 0) is 6.61 Å². The van der Waals surface area contributed by atoms with Crippen molar-refractivity contribution in [3.63, 3.8) is 0 Å². The van der Waals surface area contributed by atoms with E-state index in [-0.39, 0.29) is 11.9 Å². The zero-order valence-corrected chi connectivity index (χ0v) is 16.4. The van der Waals surface area contributed by atoms with E-state index < -0.39 is 0 Å². The van der Waals surface area contributed by atoms with Crippen molar-refractivity contribution in [2.75, 3.05) is 7.11 Å². The van der Waals surface area contributed by atoms with E-state index in [1.165, 1.54) is 7.11 Å². The van der Waals surface area contributed by atoms with Crippen LogP contribution in [0.4, 0.5) is 0 Å². The van der Waals surface area contributed by atoms with Crippen molar-refractivity contribution in [2.45, 2.75) is 33.4 Å². The third-order valence-electron chi connectivity index (χ3n) is 4.51. The molecule has 1 N–H and O–H groups in total. The second-order valence-corrected chi connectivity index (χ2v) is 6.44. The largest absolute Gasteiger partial charge is 0.493 e. The number of hydrogen-bond acceptors (Lipinski definition) is 6. The normalized spacial score (nSPS) is 11.7. The molecule has 7 nitrogen and oxygen atoms in total. The van der Waals surface area contributed by atoms with Crippen molar-refractivity contribution in [3.05, 3.63) is 70.9 Å². The first-order valence-electron chi connectivity index (χ1n) is 8.93. The maximum absolute atomic E-state index is 12.6. The Bertz CT molecular complexity index is 934. The van der Waals surface area contributed by atoms with Crippen LogP contribution in [0, 0.1) is 13.8 Å². The zero-order valence-electron chi connectivity index (χ0n) is 16.4. The Morgan fingerprint density at radius 1 is 1.25 bits per heavy atom. The lowest BCUT2D eigenvalue weighted by Crippen LogP contribution is -2.26. The van der Waals surface area contributed by atoms with E-state index in [4.69, 9.17) is 14.0 Å². The minimum Gasteiger partial charge on any atom is -0.493 e. The summed E-state index contributed by atoms with van der Waals surface area (Å²) in [6.07, 6.45) is 3.43. The van der Waals surface area contributed by atoms with Crippen molar-refractivity contribution in [3.8, 4) is 11.5 Å². The Kier molecular flexibility index (Phi) is 5.93. The zero-order chi connectivity index (χ0) is 20.1. The van der Waals surface area contributed by atoms with Gasteiger partial charge in [0.2, 0.25) is 0 Å². The van der Waals surface area contributed by atoms with Gasteiger partial charge in [-0.2, -0.15) is 0 Å². The lowest BCUT2D eigenvalue weighted by Gasteiger charge is -2.15. The lowest BCUT2D eigenvalue weighted by atomic mass is 10.1. The summed E-state index contributed by atoms with van der Waals surface area (Å²) in [5, 5.41) is 6.87. The molecule has 3 rings (SSSR count). The van der Waals surface area contributed by atoms with Crippen LogP contribution >= 0.6 is 0 Å². The highest BCUT2D eigenvalue weighted by Crippen LogP contribution is 2.29. The fourth-order valence-electron chi connectivity index (χ4n) is 2.78. The molecule has 1 amide bonds. The van der Waals surface area contributed by atoms with Crippen molar-refractivity contribution in [1.82, 2.24) is 15.5 Å². The molecule has 0 aliphatic rings. The van der Waals surface area contributed by atoms with Crippen LogP contribution in [0.1, 0.15) is 45.9 Å². The number of carbonyl (C=O) groups is 1. The number of nitrogens with one attached hydrogen (secondary N) is 1. The minimum atomic E-state index is -0.202. The summed E-state index contributed by atoms with van der Waals surface area (Å²) in [4.78, 5) is 16.7. The van der Waals surface area contributed by atoms with Gasteiger partial charge in [-0.25, -0.2) is 0 Å². The topological polar surface area (TPSA) is 86.5 Å². The molecule has 3 aromatic rings. The third-order valence-corrected chi connectivity index (χ3v) is 4.51.